The first kappa shape index (κ1) is 17.7. The molecule has 1 aliphatic heterocycles. The van der Waals surface area contributed by atoms with Crippen molar-refractivity contribution in [3.05, 3.63) is 44.9 Å². The van der Waals surface area contributed by atoms with E-state index in [1.54, 1.807) is 6.07 Å². The molecule has 3 N–H and O–H groups in total. The number of aromatic nitrogens is 2. The molecule has 0 saturated heterocycles. The smallest absolute Gasteiger partial charge is 0.244 e. The van der Waals surface area contributed by atoms with Gasteiger partial charge in [-0.15, -0.1) is 11.5 Å². The molecule has 8 heteroatoms. The lowest BCUT2D eigenvalue weighted by atomic mass is 9.84. The average Bonchev–Trinajstić information content (AvgIpc) is 2.99. The molecule has 0 amide bonds. The molecule has 1 aliphatic rings. The van der Waals surface area contributed by atoms with E-state index in [0.29, 0.717) is 27.4 Å². The van der Waals surface area contributed by atoms with Crippen LogP contribution in [0, 0.1) is 30.6 Å². The molecule has 7 nitrogen and oxygen atoms in total. The van der Waals surface area contributed by atoms with Gasteiger partial charge in [0.15, 0.2) is 11.5 Å². The Morgan fingerprint density at radius 1 is 1.50 bits per heavy atom. The highest BCUT2D eigenvalue weighted by Crippen LogP contribution is 2.46. The van der Waals surface area contributed by atoms with E-state index >= 15 is 0 Å². The Kier molecular flexibility index (Phi) is 4.79. The number of terminal acetylenes is 1. The summed E-state index contributed by atoms with van der Waals surface area (Å²) in [5.41, 5.74) is 8.55. The molecule has 1 atom stereocenters. The Hall–Kier alpha value is -3.10. The molecule has 0 spiro atoms. The third-order valence-corrected chi connectivity index (χ3v) is 4.60. The number of nitrogens with one attached hydrogen (secondary N) is 1. The number of halogens is 1. The number of rotatable bonds is 4. The first-order valence-corrected chi connectivity index (χ1v) is 8.37. The van der Waals surface area contributed by atoms with Crippen LogP contribution in [-0.4, -0.2) is 23.9 Å². The van der Waals surface area contributed by atoms with Gasteiger partial charge < -0.3 is 19.9 Å². The second kappa shape index (κ2) is 7.03. The summed E-state index contributed by atoms with van der Waals surface area (Å²) in [6, 6.07) is 5.76. The number of benzene rings is 1. The summed E-state index contributed by atoms with van der Waals surface area (Å²) in [5.74, 6) is 3.32. The third kappa shape index (κ3) is 2.85. The maximum atomic E-state index is 9.63. The maximum Gasteiger partial charge on any atom is 0.244 e. The number of aryl methyl sites for hydroxylation is 1. The molecule has 2 aromatic rings. The van der Waals surface area contributed by atoms with E-state index in [9.17, 15) is 5.26 Å². The molecule has 26 heavy (non-hydrogen) atoms. The van der Waals surface area contributed by atoms with Crippen molar-refractivity contribution < 1.29 is 14.2 Å². The predicted molar refractivity (Wildman–Crippen MR) is 97.6 cm³/mol. The van der Waals surface area contributed by atoms with Crippen LogP contribution in [0.2, 0.25) is 0 Å². The normalized spacial score (nSPS) is 15.5. The van der Waals surface area contributed by atoms with Gasteiger partial charge in [0.2, 0.25) is 11.8 Å². The third-order valence-electron chi connectivity index (χ3n) is 4.01. The summed E-state index contributed by atoms with van der Waals surface area (Å²) < 4.78 is 17.1. The predicted octanol–water partition coefficient (Wildman–Crippen LogP) is 2.72. The van der Waals surface area contributed by atoms with Gasteiger partial charge in [-0.05, 0) is 40.5 Å². The molecule has 0 radical (unpaired) electrons. The molecule has 132 valence electrons. The van der Waals surface area contributed by atoms with Gasteiger partial charge in [-0.25, -0.2) is 0 Å². The first-order valence-electron chi connectivity index (χ1n) is 7.57. The van der Waals surface area contributed by atoms with Crippen molar-refractivity contribution in [1.82, 2.24) is 10.2 Å². The topological polar surface area (TPSA) is 106 Å². The number of ether oxygens (including phenoxy) is 3. The number of hydrogen-bond donors (Lipinski definition) is 2. The fraction of sp³-hybridized carbons (Fsp3) is 0.222. The van der Waals surface area contributed by atoms with Gasteiger partial charge in [0.05, 0.1) is 17.5 Å². The van der Waals surface area contributed by atoms with Crippen LogP contribution in [0.15, 0.2) is 28.1 Å². The number of H-pyrrole nitrogens is 1. The number of nitrogens with two attached hydrogens (primary N) is 1. The van der Waals surface area contributed by atoms with Crippen LogP contribution in [0.4, 0.5) is 0 Å². The van der Waals surface area contributed by atoms with Crippen molar-refractivity contribution in [3.63, 3.8) is 0 Å². The van der Waals surface area contributed by atoms with Crippen LogP contribution in [0.25, 0.3) is 0 Å². The van der Waals surface area contributed by atoms with E-state index in [1.165, 1.54) is 7.11 Å². The summed E-state index contributed by atoms with van der Waals surface area (Å²) in [7, 11) is 1.53. The number of hydrogen-bond acceptors (Lipinski definition) is 6. The molecule has 3 rings (SSSR count). The first-order chi connectivity index (χ1) is 12.5. The van der Waals surface area contributed by atoms with E-state index < -0.39 is 5.92 Å². The van der Waals surface area contributed by atoms with Gasteiger partial charge in [0, 0.05) is 11.3 Å². The Balaban J connectivity index is 2.19. The van der Waals surface area contributed by atoms with Gasteiger partial charge in [-0.3, -0.25) is 5.10 Å². The molecular formula is C18H15BrN4O3. The standard InChI is InChI=1S/C18H15BrN4O3/c1-4-5-25-16-12(19)6-10(7-13(16)24-3)15-11(8-20)17(21)26-18-14(15)9(2)22-23-18/h1,6-7,15H,5,21H2,2-3H3,(H,22,23)/t15-/m1/s1. The molecule has 0 bridgehead atoms. The van der Waals surface area contributed by atoms with Gasteiger partial charge in [-0.1, -0.05) is 5.92 Å². The van der Waals surface area contributed by atoms with E-state index in [2.05, 4.69) is 38.1 Å². The zero-order valence-corrected chi connectivity index (χ0v) is 15.7. The van der Waals surface area contributed by atoms with Gasteiger partial charge in [0.25, 0.3) is 0 Å². The average molecular weight is 415 g/mol. The summed E-state index contributed by atoms with van der Waals surface area (Å²) in [6.45, 7) is 1.96. The number of allylic oxidation sites excluding steroid dienone is 1. The summed E-state index contributed by atoms with van der Waals surface area (Å²) >= 11 is 3.48. The Morgan fingerprint density at radius 3 is 2.92 bits per heavy atom. The van der Waals surface area contributed by atoms with Crippen LogP contribution in [0.1, 0.15) is 22.7 Å². The minimum absolute atomic E-state index is 0.0271. The number of aromatic amines is 1. The van der Waals surface area contributed by atoms with Crippen molar-refractivity contribution >= 4 is 15.9 Å². The molecule has 0 saturated carbocycles. The highest BCUT2D eigenvalue weighted by molar-refractivity contribution is 9.10. The molecule has 1 aromatic heterocycles. The number of methoxy groups -OCH3 is 1. The lowest BCUT2D eigenvalue weighted by Gasteiger charge is -2.24. The second-order valence-corrected chi connectivity index (χ2v) is 6.37. The molecule has 0 fully saturated rings. The Morgan fingerprint density at radius 2 is 2.27 bits per heavy atom. The zero-order valence-electron chi connectivity index (χ0n) is 14.1. The monoisotopic (exact) mass is 414 g/mol. The minimum atomic E-state index is -0.450. The zero-order chi connectivity index (χ0) is 18.8. The minimum Gasteiger partial charge on any atom is -0.493 e. The summed E-state index contributed by atoms with van der Waals surface area (Å²) in [5, 5.41) is 16.6. The number of nitrogens with zero attached hydrogens (tertiary/aromatic N) is 2. The summed E-state index contributed by atoms with van der Waals surface area (Å²) in [4.78, 5) is 0. The fourth-order valence-electron chi connectivity index (χ4n) is 2.89. The van der Waals surface area contributed by atoms with Crippen LogP contribution >= 0.6 is 15.9 Å². The molecule has 2 heterocycles. The quantitative estimate of drug-likeness (QED) is 0.744. The van der Waals surface area contributed by atoms with Crippen LogP contribution in [0.3, 0.4) is 0 Å². The summed E-state index contributed by atoms with van der Waals surface area (Å²) in [6.07, 6.45) is 5.26. The Bertz CT molecular complexity index is 982. The number of fused-ring (bicyclic) bond motifs is 1. The lowest BCUT2D eigenvalue weighted by Crippen LogP contribution is -2.21. The van der Waals surface area contributed by atoms with Gasteiger partial charge in [-0.2, -0.15) is 5.26 Å². The van der Waals surface area contributed by atoms with Crippen molar-refractivity contribution in [1.29, 1.82) is 5.26 Å². The molecule has 0 unspecified atom stereocenters. The fourth-order valence-corrected chi connectivity index (χ4v) is 3.47. The van der Waals surface area contributed by atoms with E-state index in [0.717, 1.165) is 16.8 Å². The number of nitriles is 1. The lowest BCUT2D eigenvalue weighted by molar-refractivity contribution is 0.328. The van der Waals surface area contributed by atoms with Gasteiger partial charge in [0.1, 0.15) is 18.2 Å². The van der Waals surface area contributed by atoms with Crippen molar-refractivity contribution in [3.8, 4) is 35.8 Å². The maximum absolute atomic E-state index is 9.63. The van der Waals surface area contributed by atoms with Crippen LogP contribution < -0.4 is 19.9 Å². The highest BCUT2D eigenvalue weighted by atomic mass is 79.9. The van der Waals surface area contributed by atoms with Crippen LogP contribution in [-0.2, 0) is 0 Å². The molecule has 1 aromatic carbocycles. The molecule has 0 aliphatic carbocycles. The molecular weight excluding hydrogens is 400 g/mol. The van der Waals surface area contributed by atoms with Crippen LogP contribution in [0.5, 0.6) is 17.4 Å². The van der Waals surface area contributed by atoms with E-state index in [-0.39, 0.29) is 12.5 Å². The van der Waals surface area contributed by atoms with Crippen molar-refractivity contribution in [2.75, 3.05) is 13.7 Å². The van der Waals surface area contributed by atoms with E-state index in [1.807, 2.05) is 13.0 Å². The SMILES string of the molecule is C#CCOc1c(Br)cc([C@@H]2C(C#N)=C(N)Oc3n[nH]c(C)c32)cc1OC. The second-order valence-electron chi connectivity index (χ2n) is 5.52. The van der Waals surface area contributed by atoms with E-state index in [4.69, 9.17) is 26.4 Å². The highest BCUT2D eigenvalue weighted by Gasteiger charge is 2.35. The Labute approximate surface area is 158 Å². The van der Waals surface area contributed by atoms with Crippen molar-refractivity contribution in [2.24, 2.45) is 5.73 Å². The van der Waals surface area contributed by atoms with Gasteiger partial charge >= 0.3 is 0 Å². The van der Waals surface area contributed by atoms with Crippen molar-refractivity contribution in [2.45, 2.75) is 12.8 Å². The largest absolute Gasteiger partial charge is 0.493 e.